The molecule has 0 bridgehead atoms. The minimum Gasteiger partial charge on any atom is -0.491 e. The molecular weight excluding hydrogens is 342 g/mol. The van der Waals surface area contributed by atoms with Gasteiger partial charge in [0.25, 0.3) is 5.91 Å². The maximum Gasteiger partial charge on any atom is 0.251 e. The first-order valence-corrected chi connectivity index (χ1v) is 9.45. The first kappa shape index (κ1) is 18.7. The van der Waals surface area contributed by atoms with Gasteiger partial charge in [-0.05, 0) is 49.7 Å². The van der Waals surface area contributed by atoms with Crippen LogP contribution in [0.4, 0.5) is 0 Å². The van der Waals surface area contributed by atoms with Gasteiger partial charge >= 0.3 is 0 Å². The zero-order valence-corrected chi connectivity index (χ0v) is 15.5. The van der Waals surface area contributed by atoms with Gasteiger partial charge in [0, 0.05) is 28.6 Å². The predicted molar refractivity (Wildman–Crippen MR) is 102 cm³/mol. The molecule has 5 heteroatoms. The molecule has 0 aliphatic rings. The highest BCUT2D eigenvalue weighted by Gasteiger charge is 2.06. The van der Waals surface area contributed by atoms with Crippen LogP contribution in [0.1, 0.15) is 29.8 Å². The Morgan fingerprint density at radius 2 is 1.88 bits per heavy atom. The molecule has 0 saturated carbocycles. The monoisotopic (exact) mass is 363 g/mol. The van der Waals surface area contributed by atoms with E-state index in [1.54, 1.807) is 23.9 Å². The zero-order valence-electron chi connectivity index (χ0n) is 13.9. The van der Waals surface area contributed by atoms with Crippen LogP contribution >= 0.6 is 23.4 Å². The van der Waals surface area contributed by atoms with Gasteiger partial charge in [0.15, 0.2) is 0 Å². The third-order valence-corrected chi connectivity index (χ3v) is 4.61. The van der Waals surface area contributed by atoms with Crippen LogP contribution in [0.2, 0.25) is 5.02 Å². The number of halogens is 1. The Morgan fingerprint density at radius 1 is 1.17 bits per heavy atom. The van der Waals surface area contributed by atoms with E-state index in [0.717, 1.165) is 27.8 Å². The molecule has 0 radical (unpaired) electrons. The molecule has 0 fully saturated rings. The summed E-state index contributed by atoms with van der Waals surface area (Å²) in [5, 5.41) is 3.72. The first-order chi connectivity index (χ1) is 11.6. The molecule has 1 amide bonds. The van der Waals surface area contributed by atoms with Crippen LogP contribution in [0.5, 0.6) is 5.75 Å². The summed E-state index contributed by atoms with van der Waals surface area (Å²) in [5.74, 6) is 2.39. The Morgan fingerprint density at radius 3 is 2.54 bits per heavy atom. The fourth-order valence-electron chi connectivity index (χ4n) is 2.09. The molecule has 0 aromatic heterocycles. The molecule has 1 N–H and O–H groups in total. The van der Waals surface area contributed by atoms with Gasteiger partial charge in [-0.25, -0.2) is 0 Å². The van der Waals surface area contributed by atoms with Gasteiger partial charge in [0.05, 0.1) is 6.10 Å². The summed E-state index contributed by atoms with van der Waals surface area (Å²) in [5.41, 5.74) is 1.76. The van der Waals surface area contributed by atoms with E-state index in [-0.39, 0.29) is 12.0 Å². The minimum absolute atomic E-state index is 0.0653. The number of carbonyl (C=O) groups is 1. The molecule has 0 atom stereocenters. The first-order valence-electron chi connectivity index (χ1n) is 7.92. The molecule has 0 aliphatic heterocycles. The number of benzene rings is 2. The Bertz CT molecular complexity index is 659. The highest BCUT2D eigenvalue weighted by molar-refractivity contribution is 7.98. The van der Waals surface area contributed by atoms with Crippen molar-refractivity contribution in [3.8, 4) is 5.75 Å². The van der Waals surface area contributed by atoms with Crippen LogP contribution in [-0.2, 0) is 5.75 Å². The maximum atomic E-state index is 12.1. The summed E-state index contributed by atoms with van der Waals surface area (Å²) in [6.45, 7) is 4.57. The second-order valence-corrected chi connectivity index (χ2v) is 7.10. The van der Waals surface area contributed by atoms with E-state index < -0.39 is 0 Å². The standard InChI is InChI=1S/C19H22ClNO2S/c1-14(2)23-17-9-7-15(8-10-17)19(22)21-11-12-24-13-16-5-3-4-6-18(16)20/h3-10,14H,11-13H2,1-2H3,(H,21,22). The van der Waals surface area contributed by atoms with Crippen LogP contribution in [0, 0.1) is 0 Å². The molecule has 2 aromatic carbocycles. The Hall–Kier alpha value is -1.65. The molecule has 3 nitrogen and oxygen atoms in total. The summed E-state index contributed by atoms with van der Waals surface area (Å²) in [4.78, 5) is 12.1. The molecule has 0 saturated heterocycles. The summed E-state index contributed by atoms with van der Waals surface area (Å²) >= 11 is 7.87. The molecule has 24 heavy (non-hydrogen) atoms. The largest absolute Gasteiger partial charge is 0.491 e. The van der Waals surface area contributed by atoms with Crippen molar-refractivity contribution in [2.24, 2.45) is 0 Å². The second-order valence-electron chi connectivity index (χ2n) is 5.59. The number of rotatable bonds is 8. The fraction of sp³-hybridized carbons (Fsp3) is 0.316. The summed E-state index contributed by atoms with van der Waals surface area (Å²) < 4.78 is 5.57. The minimum atomic E-state index is -0.0653. The van der Waals surface area contributed by atoms with Crippen molar-refractivity contribution in [1.29, 1.82) is 0 Å². The number of hydrogen-bond acceptors (Lipinski definition) is 3. The van der Waals surface area contributed by atoms with Gasteiger partial charge in [-0.1, -0.05) is 29.8 Å². The summed E-state index contributed by atoms with van der Waals surface area (Å²) in [7, 11) is 0. The topological polar surface area (TPSA) is 38.3 Å². The quantitative estimate of drug-likeness (QED) is 0.685. The number of hydrogen-bond donors (Lipinski definition) is 1. The Kier molecular flexibility index (Phi) is 7.47. The third kappa shape index (κ3) is 6.10. The summed E-state index contributed by atoms with van der Waals surface area (Å²) in [6.07, 6.45) is 0.125. The zero-order chi connectivity index (χ0) is 17.4. The van der Waals surface area contributed by atoms with Crippen LogP contribution < -0.4 is 10.1 Å². The van der Waals surface area contributed by atoms with E-state index in [0.29, 0.717) is 12.1 Å². The lowest BCUT2D eigenvalue weighted by atomic mass is 10.2. The number of nitrogens with one attached hydrogen (secondary N) is 1. The van der Waals surface area contributed by atoms with Crippen molar-refractivity contribution in [2.75, 3.05) is 12.3 Å². The molecule has 128 valence electrons. The maximum absolute atomic E-state index is 12.1. The lowest BCUT2D eigenvalue weighted by Crippen LogP contribution is -2.25. The van der Waals surface area contributed by atoms with E-state index >= 15 is 0 Å². The predicted octanol–water partition coefficient (Wildman–Crippen LogP) is 4.79. The van der Waals surface area contributed by atoms with Crippen molar-refractivity contribution >= 4 is 29.3 Å². The van der Waals surface area contributed by atoms with Crippen molar-refractivity contribution in [3.63, 3.8) is 0 Å². The van der Waals surface area contributed by atoms with Gasteiger partial charge in [0.2, 0.25) is 0 Å². The molecule has 2 aromatic rings. The molecule has 2 rings (SSSR count). The normalized spacial score (nSPS) is 10.7. The lowest BCUT2D eigenvalue weighted by molar-refractivity contribution is 0.0956. The van der Waals surface area contributed by atoms with E-state index in [9.17, 15) is 4.79 Å². The van der Waals surface area contributed by atoms with Crippen molar-refractivity contribution < 1.29 is 9.53 Å². The highest BCUT2D eigenvalue weighted by Crippen LogP contribution is 2.20. The third-order valence-electron chi connectivity index (χ3n) is 3.24. The van der Waals surface area contributed by atoms with Crippen molar-refractivity contribution in [1.82, 2.24) is 5.32 Å². The average Bonchev–Trinajstić information content (AvgIpc) is 2.56. The molecular formula is C19H22ClNO2S. The van der Waals surface area contributed by atoms with Crippen LogP contribution in [-0.4, -0.2) is 24.3 Å². The highest BCUT2D eigenvalue weighted by atomic mass is 35.5. The fourth-order valence-corrected chi connectivity index (χ4v) is 3.24. The van der Waals surface area contributed by atoms with Crippen molar-refractivity contribution in [2.45, 2.75) is 25.7 Å². The van der Waals surface area contributed by atoms with Gasteiger partial charge in [-0.2, -0.15) is 11.8 Å². The molecule has 0 spiro atoms. The van der Waals surface area contributed by atoms with E-state index in [1.807, 2.05) is 50.2 Å². The number of carbonyl (C=O) groups excluding carboxylic acids is 1. The Labute approximate surface area is 152 Å². The van der Waals surface area contributed by atoms with E-state index in [4.69, 9.17) is 16.3 Å². The van der Waals surface area contributed by atoms with E-state index in [2.05, 4.69) is 5.32 Å². The molecule has 0 unspecified atom stereocenters. The number of ether oxygens (including phenoxy) is 1. The van der Waals surface area contributed by atoms with Crippen LogP contribution in [0.15, 0.2) is 48.5 Å². The van der Waals surface area contributed by atoms with Gasteiger partial charge in [-0.15, -0.1) is 0 Å². The number of amides is 1. The van der Waals surface area contributed by atoms with Gasteiger partial charge < -0.3 is 10.1 Å². The van der Waals surface area contributed by atoms with Crippen molar-refractivity contribution in [3.05, 3.63) is 64.7 Å². The molecule has 0 heterocycles. The van der Waals surface area contributed by atoms with Crippen LogP contribution in [0.25, 0.3) is 0 Å². The lowest BCUT2D eigenvalue weighted by Gasteiger charge is -2.10. The average molecular weight is 364 g/mol. The summed E-state index contributed by atoms with van der Waals surface area (Å²) in [6, 6.07) is 15.0. The van der Waals surface area contributed by atoms with Gasteiger partial charge in [0.1, 0.15) is 5.75 Å². The van der Waals surface area contributed by atoms with Gasteiger partial charge in [-0.3, -0.25) is 4.79 Å². The second kappa shape index (κ2) is 9.60. The van der Waals surface area contributed by atoms with E-state index in [1.165, 1.54) is 0 Å². The number of thioether (sulfide) groups is 1. The molecule has 0 aliphatic carbocycles. The van der Waals surface area contributed by atoms with Crippen LogP contribution in [0.3, 0.4) is 0 Å². The SMILES string of the molecule is CC(C)Oc1ccc(C(=O)NCCSCc2ccccc2Cl)cc1. The smallest absolute Gasteiger partial charge is 0.251 e. The Balaban J connectivity index is 1.70.